The Hall–Kier alpha value is -0.120. The molecule has 3 heteroatoms. The van der Waals surface area contributed by atoms with Crippen LogP contribution < -0.4 is 5.73 Å². The predicted molar refractivity (Wildman–Crippen MR) is 45.4 cm³/mol. The molecule has 0 aliphatic carbocycles. The van der Waals surface area contributed by atoms with Crippen molar-refractivity contribution in [1.29, 1.82) is 0 Å². The molecular weight excluding hydrogens is 142 g/mol. The van der Waals surface area contributed by atoms with Gasteiger partial charge in [-0.3, -0.25) is 0 Å². The highest BCUT2D eigenvalue weighted by Crippen LogP contribution is 2.13. The van der Waals surface area contributed by atoms with Crippen molar-refractivity contribution in [2.45, 2.75) is 38.9 Å². The molecule has 0 saturated carbocycles. The Kier molecular flexibility index (Phi) is 4.65. The molecule has 3 N–H and O–H groups in total. The minimum Gasteiger partial charge on any atom is -0.389 e. The fourth-order valence-corrected chi connectivity index (χ4v) is 0.492. The molecule has 0 aromatic heterocycles. The first-order valence-electron chi connectivity index (χ1n) is 4.04. The predicted octanol–water partition coefficient (Wildman–Crippen LogP) is 0.511. The van der Waals surface area contributed by atoms with Crippen LogP contribution in [0.5, 0.6) is 0 Å². The average Bonchev–Trinajstić information content (AvgIpc) is 2.00. The molecule has 11 heavy (non-hydrogen) atoms. The summed E-state index contributed by atoms with van der Waals surface area (Å²) < 4.78 is 5.40. The average molecular weight is 161 g/mol. The summed E-state index contributed by atoms with van der Waals surface area (Å²) in [4.78, 5) is 0. The van der Waals surface area contributed by atoms with Crippen LogP contribution in [0.3, 0.4) is 0 Å². The van der Waals surface area contributed by atoms with Crippen molar-refractivity contribution in [3.8, 4) is 0 Å². The monoisotopic (exact) mass is 161 g/mol. The summed E-state index contributed by atoms with van der Waals surface area (Å²) >= 11 is 0. The van der Waals surface area contributed by atoms with E-state index in [2.05, 4.69) is 6.92 Å². The lowest BCUT2D eigenvalue weighted by molar-refractivity contribution is -0.0584. The van der Waals surface area contributed by atoms with E-state index < -0.39 is 6.10 Å². The molecule has 0 fully saturated rings. The number of hydrogen-bond acceptors (Lipinski definition) is 3. The van der Waals surface area contributed by atoms with Crippen molar-refractivity contribution in [3.63, 3.8) is 0 Å². The largest absolute Gasteiger partial charge is 0.389 e. The van der Waals surface area contributed by atoms with E-state index in [1.165, 1.54) is 0 Å². The van der Waals surface area contributed by atoms with Crippen LogP contribution in [0.15, 0.2) is 0 Å². The first-order valence-corrected chi connectivity index (χ1v) is 4.04. The molecule has 68 valence electrons. The maximum Gasteiger partial charge on any atom is 0.0895 e. The van der Waals surface area contributed by atoms with Crippen LogP contribution >= 0.6 is 0 Å². The third-order valence-electron chi connectivity index (χ3n) is 1.79. The summed E-state index contributed by atoms with van der Waals surface area (Å²) in [7, 11) is 0. The first-order chi connectivity index (χ1) is 5.02. The molecule has 0 heterocycles. The van der Waals surface area contributed by atoms with Gasteiger partial charge in [0, 0.05) is 6.54 Å². The van der Waals surface area contributed by atoms with Gasteiger partial charge in [-0.05, 0) is 20.3 Å². The number of nitrogens with two attached hydrogens (primary N) is 1. The second-order valence-corrected chi connectivity index (χ2v) is 3.31. The topological polar surface area (TPSA) is 55.5 Å². The maximum atomic E-state index is 9.07. The molecule has 0 amide bonds. The normalized spacial score (nSPS) is 15.0. The van der Waals surface area contributed by atoms with Gasteiger partial charge in [-0.1, -0.05) is 6.92 Å². The van der Waals surface area contributed by atoms with Gasteiger partial charge in [-0.15, -0.1) is 0 Å². The van der Waals surface area contributed by atoms with Gasteiger partial charge in [0.25, 0.3) is 0 Å². The Labute approximate surface area is 68.5 Å². The molecule has 0 aliphatic rings. The second-order valence-electron chi connectivity index (χ2n) is 3.31. The van der Waals surface area contributed by atoms with Crippen molar-refractivity contribution in [2.75, 3.05) is 13.2 Å². The standard InChI is InChI=1S/C8H19NO2/c1-4-8(2,3)11-6-7(10)5-9/h7,10H,4-6,9H2,1-3H3/t7-/m0/s1. The van der Waals surface area contributed by atoms with Crippen LogP contribution in [-0.2, 0) is 4.74 Å². The third kappa shape index (κ3) is 5.18. The SMILES string of the molecule is CCC(C)(C)OC[C@@H](O)CN. The van der Waals surface area contributed by atoms with Crippen LogP contribution in [0.2, 0.25) is 0 Å². The van der Waals surface area contributed by atoms with E-state index in [9.17, 15) is 0 Å². The fourth-order valence-electron chi connectivity index (χ4n) is 0.492. The molecule has 0 aromatic rings. The van der Waals surface area contributed by atoms with Crippen LogP contribution in [0.1, 0.15) is 27.2 Å². The molecule has 0 spiro atoms. The number of rotatable bonds is 5. The van der Waals surface area contributed by atoms with Gasteiger partial charge in [0.2, 0.25) is 0 Å². The summed E-state index contributed by atoms with van der Waals surface area (Å²) in [5, 5.41) is 9.07. The quantitative estimate of drug-likeness (QED) is 0.617. The van der Waals surface area contributed by atoms with Gasteiger partial charge in [0.1, 0.15) is 0 Å². The van der Waals surface area contributed by atoms with Crippen LogP contribution in [0.4, 0.5) is 0 Å². The van der Waals surface area contributed by atoms with Gasteiger partial charge < -0.3 is 15.6 Å². The van der Waals surface area contributed by atoms with Crippen molar-refractivity contribution < 1.29 is 9.84 Å². The zero-order chi connectivity index (χ0) is 8.91. The fraction of sp³-hybridized carbons (Fsp3) is 1.00. The van der Waals surface area contributed by atoms with Crippen LogP contribution in [0.25, 0.3) is 0 Å². The Morgan fingerprint density at radius 2 is 2.09 bits per heavy atom. The zero-order valence-corrected chi connectivity index (χ0v) is 7.63. The summed E-state index contributed by atoms with van der Waals surface area (Å²) in [6.07, 6.45) is 0.408. The molecule has 0 radical (unpaired) electrons. The highest BCUT2D eigenvalue weighted by atomic mass is 16.5. The lowest BCUT2D eigenvalue weighted by Crippen LogP contribution is -2.32. The second kappa shape index (κ2) is 4.70. The van der Waals surface area contributed by atoms with Crippen LogP contribution in [0, 0.1) is 0 Å². The van der Waals surface area contributed by atoms with Gasteiger partial charge in [0.15, 0.2) is 0 Å². The molecule has 1 atom stereocenters. The highest BCUT2D eigenvalue weighted by Gasteiger charge is 2.16. The van der Waals surface area contributed by atoms with Gasteiger partial charge in [-0.2, -0.15) is 0 Å². The number of ether oxygens (including phenoxy) is 1. The van der Waals surface area contributed by atoms with E-state index in [0.717, 1.165) is 6.42 Å². The van der Waals surface area contributed by atoms with E-state index in [1.807, 2.05) is 13.8 Å². The first kappa shape index (κ1) is 10.9. The molecular formula is C8H19NO2. The molecule has 0 aliphatic heterocycles. The van der Waals surface area contributed by atoms with Crippen molar-refractivity contribution >= 4 is 0 Å². The lowest BCUT2D eigenvalue weighted by Gasteiger charge is -2.24. The number of hydrogen-bond donors (Lipinski definition) is 2. The highest BCUT2D eigenvalue weighted by molar-refractivity contribution is 4.66. The Morgan fingerprint density at radius 3 is 2.45 bits per heavy atom. The van der Waals surface area contributed by atoms with E-state index in [4.69, 9.17) is 15.6 Å². The summed E-state index contributed by atoms with van der Waals surface area (Å²) in [5.41, 5.74) is 5.07. The van der Waals surface area contributed by atoms with E-state index in [1.54, 1.807) is 0 Å². The van der Waals surface area contributed by atoms with Crippen molar-refractivity contribution in [1.82, 2.24) is 0 Å². The van der Waals surface area contributed by atoms with Gasteiger partial charge >= 0.3 is 0 Å². The summed E-state index contributed by atoms with van der Waals surface area (Å²) in [6.45, 7) is 6.64. The van der Waals surface area contributed by atoms with Crippen molar-refractivity contribution in [2.24, 2.45) is 5.73 Å². The Balaban J connectivity index is 3.52. The van der Waals surface area contributed by atoms with Gasteiger partial charge in [0.05, 0.1) is 18.3 Å². The molecule has 0 unspecified atom stereocenters. The minimum atomic E-state index is -0.527. The number of aliphatic hydroxyl groups is 1. The van der Waals surface area contributed by atoms with E-state index in [-0.39, 0.29) is 12.1 Å². The minimum absolute atomic E-state index is 0.143. The van der Waals surface area contributed by atoms with Crippen LogP contribution in [-0.4, -0.2) is 30.0 Å². The molecule has 0 aromatic carbocycles. The van der Waals surface area contributed by atoms with E-state index in [0.29, 0.717) is 6.61 Å². The molecule has 0 saturated heterocycles. The molecule has 0 rings (SSSR count). The Morgan fingerprint density at radius 1 is 1.55 bits per heavy atom. The Bertz CT molecular complexity index is 104. The zero-order valence-electron chi connectivity index (χ0n) is 7.63. The third-order valence-corrected chi connectivity index (χ3v) is 1.79. The van der Waals surface area contributed by atoms with E-state index >= 15 is 0 Å². The lowest BCUT2D eigenvalue weighted by atomic mass is 10.1. The van der Waals surface area contributed by atoms with Crippen molar-refractivity contribution in [3.05, 3.63) is 0 Å². The summed E-state index contributed by atoms with van der Waals surface area (Å²) in [5.74, 6) is 0. The number of aliphatic hydroxyl groups excluding tert-OH is 1. The molecule has 0 bridgehead atoms. The maximum absolute atomic E-state index is 9.07. The van der Waals surface area contributed by atoms with Gasteiger partial charge in [-0.25, -0.2) is 0 Å². The molecule has 3 nitrogen and oxygen atoms in total. The smallest absolute Gasteiger partial charge is 0.0895 e. The summed E-state index contributed by atoms with van der Waals surface area (Å²) in [6, 6.07) is 0.